The van der Waals surface area contributed by atoms with Crippen LogP contribution in [0.3, 0.4) is 0 Å². The van der Waals surface area contributed by atoms with E-state index in [2.05, 4.69) is 4.98 Å². The van der Waals surface area contributed by atoms with Gasteiger partial charge in [-0.2, -0.15) is 0 Å². The van der Waals surface area contributed by atoms with Gasteiger partial charge in [0.1, 0.15) is 5.82 Å². The van der Waals surface area contributed by atoms with Gasteiger partial charge < -0.3 is 14.2 Å². The minimum absolute atomic E-state index is 0.184. The number of fused-ring (bicyclic) bond motifs is 1. The molecule has 1 aromatic heterocycles. The fourth-order valence-electron chi connectivity index (χ4n) is 3.18. The number of nitrogens with one attached hydrogen (secondary N) is 1. The zero-order valence-corrected chi connectivity index (χ0v) is 14.3. The molecule has 8 heteroatoms. The SMILES string of the molecule is O=C(c1cccc(F)c1)N1CCN(C(=O)c2ccc3oc(=O)[nH]c3c2)CC1. The van der Waals surface area contributed by atoms with Crippen LogP contribution in [-0.4, -0.2) is 52.8 Å². The number of carbonyl (C=O) groups excluding carboxylic acids is 2. The van der Waals surface area contributed by atoms with E-state index in [9.17, 15) is 18.8 Å². The smallest absolute Gasteiger partial charge is 0.408 e. The van der Waals surface area contributed by atoms with Gasteiger partial charge in [0, 0.05) is 37.3 Å². The number of piperazine rings is 1. The zero-order chi connectivity index (χ0) is 19.0. The molecule has 0 aliphatic carbocycles. The van der Waals surface area contributed by atoms with E-state index in [4.69, 9.17) is 4.42 Å². The number of carbonyl (C=O) groups is 2. The van der Waals surface area contributed by atoms with E-state index in [1.165, 1.54) is 18.2 Å². The van der Waals surface area contributed by atoms with Gasteiger partial charge in [0.15, 0.2) is 5.58 Å². The number of halogens is 1. The van der Waals surface area contributed by atoms with Gasteiger partial charge in [0.05, 0.1) is 5.52 Å². The van der Waals surface area contributed by atoms with Crippen molar-refractivity contribution in [3.63, 3.8) is 0 Å². The van der Waals surface area contributed by atoms with Crippen LogP contribution >= 0.6 is 0 Å². The molecule has 1 aliphatic heterocycles. The highest BCUT2D eigenvalue weighted by Gasteiger charge is 2.26. The summed E-state index contributed by atoms with van der Waals surface area (Å²) in [5.74, 6) is -1.46. The highest BCUT2D eigenvalue weighted by molar-refractivity contribution is 5.97. The van der Waals surface area contributed by atoms with Crippen LogP contribution in [0, 0.1) is 5.82 Å². The molecule has 4 rings (SSSR count). The summed E-state index contributed by atoms with van der Waals surface area (Å²) in [6, 6.07) is 10.3. The lowest BCUT2D eigenvalue weighted by molar-refractivity contribution is 0.0535. The Labute approximate surface area is 153 Å². The first-order chi connectivity index (χ1) is 13.0. The minimum atomic E-state index is -0.570. The van der Waals surface area contributed by atoms with Crippen molar-refractivity contribution in [2.24, 2.45) is 0 Å². The average Bonchev–Trinajstić information content (AvgIpc) is 3.06. The maximum absolute atomic E-state index is 13.3. The van der Waals surface area contributed by atoms with Crippen molar-refractivity contribution in [2.75, 3.05) is 26.2 Å². The molecule has 27 heavy (non-hydrogen) atoms. The summed E-state index contributed by atoms with van der Waals surface area (Å²) < 4.78 is 18.2. The minimum Gasteiger partial charge on any atom is -0.408 e. The van der Waals surface area contributed by atoms with E-state index in [1.807, 2.05) is 0 Å². The third-order valence-electron chi connectivity index (χ3n) is 4.59. The van der Waals surface area contributed by atoms with Gasteiger partial charge in [-0.05, 0) is 36.4 Å². The van der Waals surface area contributed by atoms with E-state index >= 15 is 0 Å². The summed E-state index contributed by atoms with van der Waals surface area (Å²) in [5.41, 5.74) is 1.58. The summed E-state index contributed by atoms with van der Waals surface area (Å²) in [7, 11) is 0. The lowest BCUT2D eigenvalue weighted by atomic mass is 10.1. The quantitative estimate of drug-likeness (QED) is 0.747. The standard InChI is InChI=1S/C19H16FN3O4/c20-14-3-1-2-12(10-14)17(24)22-6-8-23(9-7-22)18(25)13-4-5-16-15(11-13)21-19(26)27-16/h1-5,10-11H,6-9H2,(H,21,26). The van der Waals surface area contributed by atoms with Crippen molar-refractivity contribution >= 4 is 22.9 Å². The normalized spacial score (nSPS) is 14.6. The Kier molecular flexibility index (Phi) is 4.23. The topological polar surface area (TPSA) is 86.6 Å². The lowest BCUT2D eigenvalue weighted by Gasteiger charge is -2.34. The monoisotopic (exact) mass is 369 g/mol. The highest BCUT2D eigenvalue weighted by atomic mass is 19.1. The summed E-state index contributed by atoms with van der Waals surface area (Å²) >= 11 is 0. The number of nitrogens with zero attached hydrogens (tertiary/aromatic N) is 2. The molecule has 1 N–H and O–H groups in total. The molecule has 2 heterocycles. The molecule has 0 bridgehead atoms. The zero-order valence-electron chi connectivity index (χ0n) is 14.3. The number of H-pyrrole nitrogens is 1. The van der Waals surface area contributed by atoms with Gasteiger partial charge in [-0.25, -0.2) is 9.18 Å². The molecule has 2 amide bonds. The Morgan fingerprint density at radius 3 is 2.19 bits per heavy atom. The molecule has 0 radical (unpaired) electrons. The lowest BCUT2D eigenvalue weighted by Crippen LogP contribution is -2.50. The molecule has 0 unspecified atom stereocenters. The van der Waals surface area contributed by atoms with Crippen molar-refractivity contribution in [1.29, 1.82) is 0 Å². The number of amides is 2. The molecule has 1 aliphatic rings. The van der Waals surface area contributed by atoms with Crippen LogP contribution in [0.15, 0.2) is 51.7 Å². The first kappa shape index (κ1) is 17.0. The number of oxazole rings is 1. The van der Waals surface area contributed by atoms with E-state index in [0.717, 1.165) is 0 Å². The van der Waals surface area contributed by atoms with Crippen LogP contribution in [0.5, 0.6) is 0 Å². The van der Waals surface area contributed by atoms with E-state index in [-0.39, 0.29) is 11.8 Å². The van der Waals surface area contributed by atoms with Crippen molar-refractivity contribution in [1.82, 2.24) is 14.8 Å². The molecule has 2 aromatic carbocycles. The van der Waals surface area contributed by atoms with Crippen LogP contribution < -0.4 is 5.76 Å². The maximum atomic E-state index is 13.3. The molecule has 3 aromatic rings. The predicted octanol–water partition coefficient (Wildman–Crippen LogP) is 1.86. The summed E-state index contributed by atoms with van der Waals surface area (Å²) in [4.78, 5) is 42.2. The molecule has 1 saturated heterocycles. The van der Waals surface area contributed by atoms with Crippen molar-refractivity contribution in [3.8, 4) is 0 Å². The summed E-state index contributed by atoms with van der Waals surface area (Å²) in [5, 5.41) is 0. The fourth-order valence-corrected chi connectivity index (χ4v) is 3.18. The fraction of sp³-hybridized carbons (Fsp3) is 0.211. The number of aromatic nitrogens is 1. The number of hydrogen-bond donors (Lipinski definition) is 1. The van der Waals surface area contributed by atoms with Crippen LogP contribution in [-0.2, 0) is 0 Å². The van der Waals surface area contributed by atoms with Gasteiger partial charge in [-0.3, -0.25) is 14.6 Å². The first-order valence-electron chi connectivity index (χ1n) is 8.48. The van der Waals surface area contributed by atoms with E-state index in [0.29, 0.717) is 48.4 Å². The Morgan fingerprint density at radius 2 is 1.56 bits per heavy atom. The molecule has 138 valence electrons. The van der Waals surface area contributed by atoms with Gasteiger partial charge in [-0.15, -0.1) is 0 Å². The molecule has 7 nitrogen and oxygen atoms in total. The summed E-state index contributed by atoms with van der Waals surface area (Å²) in [6.45, 7) is 1.48. The van der Waals surface area contributed by atoms with Crippen LogP contribution in [0.1, 0.15) is 20.7 Å². The molecule has 0 spiro atoms. The molecule has 1 fully saturated rings. The van der Waals surface area contributed by atoms with Gasteiger partial charge in [0.2, 0.25) is 0 Å². The van der Waals surface area contributed by atoms with Crippen LogP contribution in [0.2, 0.25) is 0 Å². The second-order valence-electron chi connectivity index (χ2n) is 6.32. The van der Waals surface area contributed by atoms with Gasteiger partial charge in [-0.1, -0.05) is 6.07 Å². The van der Waals surface area contributed by atoms with Crippen LogP contribution in [0.4, 0.5) is 4.39 Å². The Hall–Kier alpha value is -3.42. The largest absolute Gasteiger partial charge is 0.417 e. The first-order valence-corrected chi connectivity index (χ1v) is 8.48. The summed E-state index contributed by atoms with van der Waals surface area (Å²) in [6.07, 6.45) is 0. The van der Waals surface area contributed by atoms with Gasteiger partial charge in [0.25, 0.3) is 11.8 Å². The average molecular weight is 369 g/mol. The molecular weight excluding hydrogens is 353 g/mol. The third-order valence-corrected chi connectivity index (χ3v) is 4.59. The second kappa shape index (κ2) is 6.71. The Morgan fingerprint density at radius 1 is 0.926 bits per heavy atom. The van der Waals surface area contributed by atoms with Crippen molar-refractivity contribution in [2.45, 2.75) is 0 Å². The number of hydrogen-bond acceptors (Lipinski definition) is 4. The predicted molar refractivity (Wildman–Crippen MR) is 95.0 cm³/mol. The van der Waals surface area contributed by atoms with E-state index in [1.54, 1.807) is 34.1 Å². The van der Waals surface area contributed by atoms with Crippen molar-refractivity contribution in [3.05, 3.63) is 70.0 Å². The van der Waals surface area contributed by atoms with Crippen molar-refractivity contribution < 1.29 is 18.4 Å². The van der Waals surface area contributed by atoms with Gasteiger partial charge >= 0.3 is 5.76 Å². The van der Waals surface area contributed by atoms with Crippen LogP contribution in [0.25, 0.3) is 11.1 Å². The molecular formula is C19H16FN3O4. The third kappa shape index (κ3) is 3.33. The molecule has 0 atom stereocenters. The number of aromatic amines is 1. The second-order valence-corrected chi connectivity index (χ2v) is 6.32. The maximum Gasteiger partial charge on any atom is 0.417 e. The van der Waals surface area contributed by atoms with E-state index < -0.39 is 11.6 Å². The number of benzene rings is 2. The molecule has 0 saturated carbocycles. The number of rotatable bonds is 2. The highest BCUT2D eigenvalue weighted by Crippen LogP contribution is 2.16. The Bertz CT molecular complexity index is 1080. The Balaban J connectivity index is 1.44.